The minimum atomic E-state index is -3.03. The van der Waals surface area contributed by atoms with E-state index in [1.54, 1.807) is 37.6 Å². The molecule has 2 aromatic carbocycles. The molecule has 0 N–H and O–H groups in total. The van der Waals surface area contributed by atoms with Gasteiger partial charge in [0.05, 0.1) is 34.8 Å². The summed E-state index contributed by atoms with van der Waals surface area (Å²) in [6.45, 7) is 6.51. The first-order valence-corrected chi connectivity index (χ1v) is 15.5. The van der Waals surface area contributed by atoms with E-state index in [0.29, 0.717) is 38.2 Å². The molecule has 9 nitrogen and oxygen atoms in total. The Morgan fingerprint density at radius 1 is 1.00 bits per heavy atom. The molecule has 0 unspecified atom stereocenters. The number of hydrogen-bond donors (Lipinski definition) is 0. The molecule has 0 aliphatic rings. The third-order valence-corrected chi connectivity index (χ3v) is 9.14. The van der Waals surface area contributed by atoms with Crippen LogP contribution in [0.4, 0.5) is 8.78 Å². The zero-order chi connectivity index (χ0) is 30.5. The van der Waals surface area contributed by atoms with Gasteiger partial charge in [-0.05, 0) is 32.9 Å². The van der Waals surface area contributed by atoms with Gasteiger partial charge in [-0.3, -0.25) is 0 Å². The molecule has 4 aromatic heterocycles. The van der Waals surface area contributed by atoms with Crippen LogP contribution >= 0.6 is 34.0 Å². The van der Waals surface area contributed by atoms with Crippen molar-refractivity contribution in [2.24, 2.45) is 0 Å². The Morgan fingerprint density at radius 3 is 2.44 bits per heavy atom. The molecule has 6 aromatic rings. The van der Waals surface area contributed by atoms with Gasteiger partial charge in [-0.2, -0.15) is 13.9 Å². The topological polar surface area (TPSA) is 101 Å². The van der Waals surface area contributed by atoms with E-state index in [9.17, 15) is 13.6 Å². The number of alkyl halides is 2. The van der Waals surface area contributed by atoms with Crippen molar-refractivity contribution >= 4 is 55.2 Å². The van der Waals surface area contributed by atoms with Gasteiger partial charge in [0.1, 0.15) is 39.4 Å². The number of carbonyl (C=O) groups is 1. The van der Waals surface area contributed by atoms with Crippen LogP contribution in [-0.2, 0) is 17.3 Å². The van der Waals surface area contributed by atoms with Crippen molar-refractivity contribution in [3.05, 3.63) is 64.2 Å². The fourth-order valence-electron chi connectivity index (χ4n) is 4.04. The third kappa shape index (κ3) is 6.21. The normalized spacial score (nSPS) is 12.3. The number of hydrogen-bond acceptors (Lipinski definition) is 11. The summed E-state index contributed by atoms with van der Waals surface area (Å²) in [5.74, 6) is -2.26. The largest absolute Gasteiger partial charge is 0.497 e. The van der Waals surface area contributed by atoms with Crippen molar-refractivity contribution in [2.45, 2.75) is 45.8 Å². The summed E-state index contributed by atoms with van der Waals surface area (Å²) in [5, 5.41) is 6.99. The summed E-state index contributed by atoms with van der Waals surface area (Å²) in [6, 6.07) is 10.7. The Labute approximate surface area is 256 Å². The predicted molar refractivity (Wildman–Crippen MR) is 163 cm³/mol. The van der Waals surface area contributed by atoms with Crippen LogP contribution in [0.2, 0.25) is 0 Å². The molecule has 0 radical (unpaired) electrons. The Hall–Kier alpha value is -4.01. The second-order valence-corrected chi connectivity index (χ2v) is 13.5. The average molecular weight is 642 g/mol. The Kier molecular flexibility index (Phi) is 7.39. The van der Waals surface area contributed by atoms with E-state index in [1.165, 1.54) is 27.2 Å². The molecule has 0 bridgehead atoms. The van der Waals surface area contributed by atoms with Crippen molar-refractivity contribution in [1.82, 2.24) is 24.6 Å². The first-order valence-electron chi connectivity index (χ1n) is 13.0. The van der Waals surface area contributed by atoms with Crippen molar-refractivity contribution in [3.63, 3.8) is 0 Å². The third-order valence-electron chi connectivity index (χ3n) is 6.00. The zero-order valence-corrected chi connectivity index (χ0v) is 26.1. The summed E-state index contributed by atoms with van der Waals surface area (Å²) < 4.78 is 46.6. The van der Waals surface area contributed by atoms with Gasteiger partial charge >= 0.3 is 5.97 Å². The summed E-state index contributed by atoms with van der Waals surface area (Å²) in [6.07, 6.45) is 1.59. The standard InChI is InChI=1S/C29H25F2N5O4S3/c1-28(2,3)40-25(37)16-8-6-15(7-9-16)23-32-17(14-41-23)13-39-21-11-18(38-5)10-19-22(21)42-24(33-19)20-12-36-27(34-20)43-26(35-36)29(4,30)31/h6-12,14H,13H2,1-5H3. The number of nitrogens with zero attached hydrogens (tertiary/aromatic N) is 5. The van der Waals surface area contributed by atoms with Gasteiger partial charge < -0.3 is 14.2 Å². The molecule has 0 saturated heterocycles. The van der Waals surface area contributed by atoms with Gasteiger partial charge in [-0.15, -0.1) is 22.7 Å². The van der Waals surface area contributed by atoms with Gasteiger partial charge in [-0.1, -0.05) is 23.5 Å². The Bertz CT molecular complexity index is 1920. The number of methoxy groups -OCH3 is 1. The number of rotatable bonds is 8. The van der Waals surface area contributed by atoms with Crippen molar-refractivity contribution in [2.75, 3.05) is 7.11 Å². The summed E-state index contributed by atoms with van der Waals surface area (Å²) in [4.78, 5) is 26.6. The fraction of sp³-hybridized carbons (Fsp3) is 0.276. The second kappa shape index (κ2) is 10.9. The quantitative estimate of drug-likeness (QED) is 0.155. The van der Waals surface area contributed by atoms with E-state index in [1.807, 2.05) is 38.3 Å². The molecule has 43 heavy (non-hydrogen) atoms. The number of aromatic nitrogens is 5. The maximum absolute atomic E-state index is 13.7. The van der Waals surface area contributed by atoms with Crippen molar-refractivity contribution < 1.29 is 27.8 Å². The molecule has 0 amide bonds. The molecule has 4 heterocycles. The molecule has 0 aliphatic carbocycles. The lowest BCUT2D eigenvalue weighted by molar-refractivity contribution is 0.00686. The van der Waals surface area contributed by atoms with E-state index in [-0.39, 0.29) is 17.6 Å². The molecule has 0 spiro atoms. The van der Waals surface area contributed by atoms with Crippen molar-refractivity contribution in [1.29, 1.82) is 0 Å². The van der Waals surface area contributed by atoms with E-state index < -0.39 is 11.5 Å². The van der Waals surface area contributed by atoms with Crippen LogP contribution in [0.1, 0.15) is 48.8 Å². The number of esters is 1. The molecule has 0 atom stereocenters. The van der Waals surface area contributed by atoms with Gasteiger partial charge in [0.15, 0.2) is 5.01 Å². The highest BCUT2D eigenvalue weighted by molar-refractivity contribution is 7.22. The fourth-order valence-corrected chi connectivity index (χ4v) is 6.63. The number of benzene rings is 2. The van der Waals surface area contributed by atoms with Crippen molar-refractivity contribution in [3.8, 4) is 32.8 Å². The number of imidazole rings is 1. The average Bonchev–Trinajstić information content (AvgIpc) is 3.72. The first-order chi connectivity index (χ1) is 20.4. The second-order valence-electron chi connectivity index (χ2n) is 10.7. The number of ether oxygens (including phenoxy) is 3. The molecule has 0 aliphatic heterocycles. The lowest BCUT2D eigenvalue weighted by Crippen LogP contribution is -2.23. The van der Waals surface area contributed by atoms with Crippen LogP contribution in [0.25, 0.3) is 36.5 Å². The Morgan fingerprint density at radius 2 is 1.77 bits per heavy atom. The maximum Gasteiger partial charge on any atom is 0.338 e. The Balaban J connectivity index is 1.20. The van der Waals surface area contributed by atoms with Crippen LogP contribution < -0.4 is 9.47 Å². The smallest absolute Gasteiger partial charge is 0.338 e. The highest BCUT2D eigenvalue weighted by Gasteiger charge is 2.30. The number of halogens is 2. The number of thiazole rings is 2. The van der Waals surface area contributed by atoms with Crippen LogP contribution in [0, 0.1) is 0 Å². The molecule has 0 saturated carbocycles. The molecule has 6 rings (SSSR count). The van der Waals surface area contributed by atoms with Crippen LogP contribution in [0.5, 0.6) is 11.5 Å². The van der Waals surface area contributed by atoms with E-state index in [0.717, 1.165) is 39.2 Å². The summed E-state index contributed by atoms with van der Waals surface area (Å²) in [5.41, 5.74) is 2.71. The van der Waals surface area contributed by atoms with Gasteiger partial charge in [-0.25, -0.2) is 24.3 Å². The van der Waals surface area contributed by atoms with Gasteiger partial charge in [0.25, 0.3) is 5.92 Å². The molecule has 0 fully saturated rings. The van der Waals surface area contributed by atoms with Crippen LogP contribution in [-0.4, -0.2) is 43.2 Å². The van der Waals surface area contributed by atoms with E-state index >= 15 is 0 Å². The molecular weight excluding hydrogens is 617 g/mol. The summed E-state index contributed by atoms with van der Waals surface area (Å²) >= 11 is 3.69. The lowest BCUT2D eigenvalue weighted by Gasteiger charge is -2.19. The van der Waals surface area contributed by atoms with Gasteiger partial charge in [0, 0.05) is 30.0 Å². The highest BCUT2D eigenvalue weighted by atomic mass is 32.1. The van der Waals surface area contributed by atoms with Crippen LogP contribution in [0.3, 0.4) is 0 Å². The van der Waals surface area contributed by atoms with E-state index in [4.69, 9.17) is 24.2 Å². The number of carbonyl (C=O) groups excluding carboxylic acids is 1. The number of fused-ring (bicyclic) bond motifs is 2. The maximum atomic E-state index is 13.7. The minimum Gasteiger partial charge on any atom is -0.497 e. The molecular formula is C29H25F2N5O4S3. The molecule has 222 valence electrons. The van der Waals surface area contributed by atoms with Crippen LogP contribution in [0.15, 0.2) is 48.0 Å². The highest BCUT2D eigenvalue weighted by Crippen LogP contribution is 2.40. The zero-order valence-electron chi connectivity index (χ0n) is 23.7. The van der Waals surface area contributed by atoms with Gasteiger partial charge in [0.2, 0.25) is 4.96 Å². The minimum absolute atomic E-state index is 0.208. The van der Waals surface area contributed by atoms with E-state index in [2.05, 4.69) is 10.1 Å². The summed E-state index contributed by atoms with van der Waals surface area (Å²) in [7, 11) is 1.56. The molecule has 14 heteroatoms. The lowest BCUT2D eigenvalue weighted by atomic mass is 10.1. The first kappa shape index (κ1) is 29.1. The SMILES string of the molecule is COc1cc(OCc2csc(-c3ccc(C(=O)OC(C)(C)C)cc3)n2)c2sc(-c3cn4nc(C(C)(F)F)sc4n3)nc2c1. The predicted octanol–water partition coefficient (Wildman–Crippen LogP) is 7.85. The monoisotopic (exact) mass is 641 g/mol.